The van der Waals surface area contributed by atoms with Crippen molar-refractivity contribution in [3.63, 3.8) is 0 Å². The van der Waals surface area contributed by atoms with E-state index in [1.165, 1.54) is 12.5 Å². The number of aliphatic hydroxyl groups excluding tert-OH is 1. The molecular weight excluding hydrogens is 311 g/mol. The van der Waals surface area contributed by atoms with Crippen molar-refractivity contribution in [2.75, 3.05) is 6.61 Å². The van der Waals surface area contributed by atoms with Crippen LogP contribution in [0.4, 0.5) is 4.39 Å². The highest BCUT2D eigenvalue weighted by Gasteiger charge is 2.44. The molecule has 2 fully saturated rings. The fraction of sp³-hybridized carbons (Fsp3) is 0.600. The molecule has 2 aliphatic rings. The highest BCUT2D eigenvalue weighted by atomic mass is 79.9. The van der Waals surface area contributed by atoms with Gasteiger partial charge in [0.15, 0.2) is 0 Å². The van der Waals surface area contributed by atoms with E-state index < -0.39 is 6.10 Å². The molecule has 1 saturated carbocycles. The molecular formula is C15H18BrFO2. The van der Waals surface area contributed by atoms with Crippen LogP contribution in [0.5, 0.6) is 0 Å². The maximum absolute atomic E-state index is 13.6. The molecule has 19 heavy (non-hydrogen) atoms. The Morgan fingerprint density at radius 1 is 1.42 bits per heavy atom. The average molecular weight is 329 g/mol. The fourth-order valence-electron chi connectivity index (χ4n) is 3.26. The number of ether oxygens (including phenoxy) is 1. The van der Waals surface area contributed by atoms with Crippen LogP contribution >= 0.6 is 15.9 Å². The van der Waals surface area contributed by atoms with E-state index in [-0.39, 0.29) is 17.3 Å². The Labute approximate surface area is 121 Å². The summed E-state index contributed by atoms with van der Waals surface area (Å²) in [5.41, 5.74) is 0.658. The minimum Gasteiger partial charge on any atom is -0.388 e. The fourth-order valence-corrected chi connectivity index (χ4v) is 3.76. The topological polar surface area (TPSA) is 29.5 Å². The van der Waals surface area contributed by atoms with Gasteiger partial charge in [-0.05, 0) is 65.6 Å². The molecule has 1 aromatic carbocycles. The SMILES string of the molecule is OC(c1cccc(F)c1Br)C1CCOC2(CCC2)C1. The summed E-state index contributed by atoms with van der Waals surface area (Å²) >= 11 is 3.24. The van der Waals surface area contributed by atoms with Crippen LogP contribution in [0.3, 0.4) is 0 Å². The van der Waals surface area contributed by atoms with Crippen LogP contribution in [-0.2, 0) is 4.74 Å². The lowest BCUT2D eigenvalue weighted by molar-refractivity contribution is -0.157. The smallest absolute Gasteiger partial charge is 0.137 e. The predicted molar refractivity (Wildman–Crippen MR) is 74.3 cm³/mol. The molecule has 0 bridgehead atoms. The van der Waals surface area contributed by atoms with Gasteiger partial charge in [-0.3, -0.25) is 0 Å². The lowest BCUT2D eigenvalue weighted by Crippen LogP contribution is -2.46. The molecule has 2 nitrogen and oxygen atoms in total. The first-order chi connectivity index (χ1) is 9.11. The third-order valence-corrected chi connectivity index (χ3v) is 5.38. The van der Waals surface area contributed by atoms with Crippen molar-refractivity contribution in [2.45, 2.75) is 43.8 Å². The standard InChI is InChI=1S/C15H18BrFO2/c16-13-11(3-1-4-12(13)17)14(18)10-5-8-19-15(9-10)6-2-7-15/h1,3-4,10,14,18H,2,5-9H2. The highest BCUT2D eigenvalue weighted by Crippen LogP contribution is 2.47. The van der Waals surface area contributed by atoms with Crippen molar-refractivity contribution in [1.82, 2.24) is 0 Å². The molecule has 1 aliphatic heterocycles. The van der Waals surface area contributed by atoms with E-state index in [2.05, 4.69) is 15.9 Å². The van der Waals surface area contributed by atoms with Gasteiger partial charge in [0, 0.05) is 6.61 Å². The summed E-state index contributed by atoms with van der Waals surface area (Å²) in [7, 11) is 0. The van der Waals surface area contributed by atoms with Gasteiger partial charge in [-0.2, -0.15) is 0 Å². The third-order valence-electron chi connectivity index (χ3n) is 4.54. The van der Waals surface area contributed by atoms with Gasteiger partial charge in [0.1, 0.15) is 5.82 Å². The van der Waals surface area contributed by atoms with Crippen LogP contribution in [0.15, 0.2) is 22.7 Å². The van der Waals surface area contributed by atoms with Crippen LogP contribution in [0, 0.1) is 11.7 Å². The minimum absolute atomic E-state index is 0.00367. The van der Waals surface area contributed by atoms with Gasteiger partial charge in [-0.15, -0.1) is 0 Å². The summed E-state index contributed by atoms with van der Waals surface area (Å²) in [6.45, 7) is 0.703. The highest BCUT2D eigenvalue weighted by molar-refractivity contribution is 9.10. The van der Waals surface area contributed by atoms with Crippen molar-refractivity contribution in [3.05, 3.63) is 34.1 Å². The van der Waals surface area contributed by atoms with E-state index in [1.54, 1.807) is 12.1 Å². The molecule has 104 valence electrons. The van der Waals surface area contributed by atoms with E-state index >= 15 is 0 Å². The van der Waals surface area contributed by atoms with Crippen LogP contribution < -0.4 is 0 Å². The molecule has 1 N–H and O–H groups in total. The van der Waals surface area contributed by atoms with Gasteiger partial charge in [0.25, 0.3) is 0 Å². The molecule has 2 unspecified atom stereocenters. The van der Waals surface area contributed by atoms with Crippen LogP contribution in [-0.4, -0.2) is 17.3 Å². The molecule has 1 aliphatic carbocycles. The van der Waals surface area contributed by atoms with E-state index in [9.17, 15) is 9.50 Å². The normalized spacial score (nSPS) is 27.0. The van der Waals surface area contributed by atoms with E-state index in [0.717, 1.165) is 25.7 Å². The third kappa shape index (κ3) is 2.46. The first-order valence-electron chi connectivity index (χ1n) is 6.87. The number of hydrogen-bond donors (Lipinski definition) is 1. The Morgan fingerprint density at radius 3 is 2.89 bits per heavy atom. The van der Waals surface area contributed by atoms with Crippen molar-refractivity contribution in [3.8, 4) is 0 Å². The van der Waals surface area contributed by atoms with E-state index in [0.29, 0.717) is 16.6 Å². The zero-order valence-electron chi connectivity index (χ0n) is 10.7. The molecule has 1 saturated heterocycles. The van der Waals surface area contributed by atoms with Crippen molar-refractivity contribution in [1.29, 1.82) is 0 Å². The number of hydrogen-bond acceptors (Lipinski definition) is 2. The Balaban J connectivity index is 1.79. The quantitative estimate of drug-likeness (QED) is 0.890. The zero-order chi connectivity index (χ0) is 13.5. The summed E-state index contributed by atoms with van der Waals surface area (Å²) < 4.78 is 19.8. The summed E-state index contributed by atoms with van der Waals surface area (Å²) in [4.78, 5) is 0. The maximum atomic E-state index is 13.6. The van der Waals surface area contributed by atoms with Gasteiger partial charge in [-0.1, -0.05) is 12.1 Å². The number of benzene rings is 1. The largest absolute Gasteiger partial charge is 0.388 e. The van der Waals surface area contributed by atoms with Gasteiger partial charge in [0.2, 0.25) is 0 Å². The first-order valence-corrected chi connectivity index (χ1v) is 7.67. The van der Waals surface area contributed by atoms with Crippen LogP contribution in [0.1, 0.15) is 43.8 Å². The summed E-state index contributed by atoms with van der Waals surface area (Å²) in [5.74, 6) is -0.158. The molecule has 2 atom stereocenters. The number of rotatable bonds is 2. The Bertz CT molecular complexity index is 473. The Hall–Kier alpha value is -0.450. The molecule has 0 aromatic heterocycles. The maximum Gasteiger partial charge on any atom is 0.137 e. The molecule has 0 amide bonds. The van der Waals surface area contributed by atoms with Crippen LogP contribution in [0.25, 0.3) is 0 Å². The van der Waals surface area contributed by atoms with Gasteiger partial charge in [-0.25, -0.2) is 4.39 Å². The Morgan fingerprint density at radius 2 is 2.21 bits per heavy atom. The molecule has 3 rings (SSSR count). The summed E-state index contributed by atoms with van der Waals surface area (Å²) in [6, 6.07) is 4.84. The second-order valence-corrected chi connectivity index (χ2v) is 6.52. The lowest BCUT2D eigenvalue weighted by Gasteiger charge is -2.48. The average Bonchev–Trinajstić information content (AvgIpc) is 2.39. The van der Waals surface area contributed by atoms with Gasteiger partial charge >= 0.3 is 0 Å². The molecule has 1 aromatic rings. The number of halogens is 2. The second-order valence-electron chi connectivity index (χ2n) is 5.73. The first kappa shape index (κ1) is 13.5. The van der Waals surface area contributed by atoms with Gasteiger partial charge in [0.05, 0.1) is 16.2 Å². The predicted octanol–water partition coefficient (Wildman–Crippen LogP) is 3.97. The molecule has 1 heterocycles. The number of aliphatic hydroxyl groups is 1. The molecule has 4 heteroatoms. The van der Waals surface area contributed by atoms with E-state index in [4.69, 9.17) is 4.74 Å². The molecule has 1 spiro atoms. The minimum atomic E-state index is -0.619. The van der Waals surface area contributed by atoms with Crippen molar-refractivity contribution >= 4 is 15.9 Å². The van der Waals surface area contributed by atoms with Crippen LogP contribution in [0.2, 0.25) is 0 Å². The lowest BCUT2D eigenvalue weighted by atomic mass is 9.70. The monoisotopic (exact) mass is 328 g/mol. The summed E-state index contributed by atoms with van der Waals surface area (Å²) in [6.07, 6.45) is 4.52. The van der Waals surface area contributed by atoms with Gasteiger partial charge < -0.3 is 9.84 Å². The Kier molecular flexibility index (Phi) is 3.67. The summed E-state index contributed by atoms with van der Waals surface area (Å²) in [5, 5.41) is 10.6. The van der Waals surface area contributed by atoms with E-state index in [1.807, 2.05) is 0 Å². The zero-order valence-corrected chi connectivity index (χ0v) is 12.3. The van der Waals surface area contributed by atoms with Crippen molar-refractivity contribution in [2.24, 2.45) is 5.92 Å². The van der Waals surface area contributed by atoms with Crippen molar-refractivity contribution < 1.29 is 14.2 Å². The second kappa shape index (κ2) is 5.15. The molecule has 0 radical (unpaired) electrons.